The highest BCUT2D eigenvalue weighted by Gasteiger charge is 2.22. The molecule has 0 radical (unpaired) electrons. The van der Waals surface area contributed by atoms with E-state index in [4.69, 9.17) is 9.47 Å². The maximum Gasteiger partial charge on any atom is 0.311 e. The Bertz CT molecular complexity index is 1140. The third-order valence-corrected chi connectivity index (χ3v) is 4.62. The van der Waals surface area contributed by atoms with Crippen molar-refractivity contribution < 1.29 is 40.6 Å². The highest BCUT2D eigenvalue weighted by molar-refractivity contribution is 5.87. The molecule has 3 rings (SSSR count). The summed E-state index contributed by atoms with van der Waals surface area (Å²) in [5, 5.41) is 2.53. The summed E-state index contributed by atoms with van der Waals surface area (Å²) in [5.74, 6) is 0.217. The van der Waals surface area contributed by atoms with Crippen molar-refractivity contribution in [2.75, 3.05) is 19.0 Å². The molecule has 0 aliphatic rings. The van der Waals surface area contributed by atoms with Gasteiger partial charge in [-0.3, -0.25) is 29.3 Å². The predicted molar refractivity (Wildman–Crippen MR) is 113 cm³/mol. The standard InChI is InChI=1S/C21H25N5O5.BrH/c1-14(27)22-21-23-19-18(20(29)24-21)26(12-16-6-8-17(30-3)9-7-16)13-25(19)10-4-5-11-31-15(2)28;/h6-9,13H,4-5,10-12H2,1-3H3,(H-,22,23,24,27,29);1H. The van der Waals surface area contributed by atoms with Crippen molar-refractivity contribution in [2.24, 2.45) is 0 Å². The van der Waals surface area contributed by atoms with Crippen molar-refractivity contribution in [1.29, 1.82) is 0 Å². The molecule has 3 aromatic rings. The summed E-state index contributed by atoms with van der Waals surface area (Å²) >= 11 is 0. The smallest absolute Gasteiger partial charge is 0.311 e. The number of carbonyl (C=O) groups is 2. The van der Waals surface area contributed by atoms with Gasteiger partial charge < -0.3 is 26.5 Å². The van der Waals surface area contributed by atoms with Gasteiger partial charge in [-0.05, 0) is 30.5 Å². The second-order valence-electron chi connectivity index (χ2n) is 7.10. The first kappa shape index (κ1) is 25.1. The van der Waals surface area contributed by atoms with Gasteiger partial charge in [0, 0.05) is 13.8 Å². The summed E-state index contributed by atoms with van der Waals surface area (Å²) < 4.78 is 13.9. The van der Waals surface area contributed by atoms with Crippen LogP contribution in [0.1, 0.15) is 32.3 Å². The van der Waals surface area contributed by atoms with E-state index >= 15 is 0 Å². The zero-order valence-electron chi connectivity index (χ0n) is 18.2. The SMILES string of the molecule is COc1ccc(Cn2c[n+](CCCCOC(C)=O)c3nc(NC(C)=O)[nH]c(=O)c32)cc1.[Br-]. The quantitative estimate of drug-likeness (QED) is 0.204. The van der Waals surface area contributed by atoms with Crippen LogP contribution in [-0.2, 0) is 27.4 Å². The Morgan fingerprint density at radius 2 is 1.91 bits per heavy atom. The lowest BCUT2D eigenvalue weighted by molar-refractivity contribution is -0.674. The van der Waals surface area contributed by atoms with Crippen molar-refractivity contribution in [3.05, 3.63) is 46.5 Å². The van der Waals surface area contributed by atoms with Crippen LogP contribution in [0.4, 0.5) is 5.95 Å². The summed E-state index contributed by atoms with van der Waals surface area (Å²) in [6.45, 7) is 4.10. The number of nitrogens with one attached hydrogen (secondary N) is 2. The van der Waals surface area contributed by atoms with Crippen LogP contribution in [0, 0.1) is 0 Å². The van der Waals surface area contributed by atoms with Crippen molar-refractivity contribution in [1.82, 2.24) is 14.5 Å². The summed E-state index contributed by atoms with van der Waals surface area (Å²) in [5.41, 5.74) is 1.52. The number of benzene rings is 1. The number of nitrogens with zero attached hydrogens (tertiary/aromatic N) is 3. The number of imidazole rings is 1. The number of amides is 1. The molecule has 0 aliphatic carbocycles. The minimum atomic E-state index is -0.346. The van der Waals surface area contributed by atoms with Gasteiger partial charge in [0.15, 0.2) is 6.33 Å². The number of aromatic nitrogens is 4. The van der Waals surface area contributed by atoms with Crippen LogP contribution in [0.3, 0.4) is 0 Å². The summed E-state index contributed by atoms with van der Waals surface area (Å²) in [6, 6.07) is 7.59. The number of fused-ring (bicyclic) bond motifs is 1. The second kappa shape index (κ2) is 11.4. The van der Waals surface area contributed by atoms with Crippen LogP contribution >= 0.6 is 0 Å². The number of esters is 1. The molecule has 0 spiro atoms. The summed E-state index contributed by atoms with van der Waals surface area (Å²) in [4.78, 5) is 42.2. The first-order chi connectivity index (χ1) is 14.9. The van der Waals surface area contributed by atoms with Crippen molar-refractivity contribution in [3.8, 4) is 5.75 Å². The fraction of sp³-hybridized carbons (Fsp3) is 0.381. The lowest BCUT2D eigenvalue weighted by Gasteiger charge is -2.03. The Morgan fingerprint density at radius 3 is 2.53 bits per heavy atom. The second-order valence-corrected chi connectivity index (χ2v) is 7.10. The average Bonchev–Trinajstić information content (AvgIpc) is 3.05. The monoisotopic (exact) mass is 507 g/mol. The largest absolute Gasteiger partial charge is 1.00 e. The van der Waals surface area contributed by atoms with E-state index in [1.54, 1.807) is 7.11 Å². The number of unbranched alkanes of at least 4 members (excludes halogenated alkanes) is 1. The molecule has 2 N–H and O–H groups in total. The van der Waals surface area contributed by atoms with E-state index in [0.717, 1.165) is 17.7 Å². The van der Waals surface area contributed by atoms with Crippen molar-refractivity contribution in [2.45, 2.75) is 39.8 Å². The molecule has 1 aromatic carbocycles. The average molecular weight is 508 g/mol. The van der Waals surface area contributed by atoms with E-state index in [9.17, 15) is 14.4 Å². The highest BCUT2D eigenvalue weighted by atomic mass is 79.9. The van der Waals surface area contributed by atoms with E-state index in [0.29, 0.717) is 37.3 Å². The van der Waals surface area contributed by atoms with Gasteiger partial charge in [0.2, 0.25) is 11.4 Å². The molecule has 10 nitrogen and oxygen atoms in total. The number of methoxy groups -OCH3 is 1. The number of ether oxygens (including phenoxy) is 2. The lowest BCUT2D eigenvalue weighted by Crippen LogP contribution is -3.00. The maximum atomic E-state index is 12.8. The molecule has 0 fully saturated rings. The first-order valence-electron chi connectivity index (χ1n) is 9.94. The van der Waals surface area contributed by atoms with Gasteiger partial charge in [-0.25, -0.2) is 4.57 Å². The molecular weight excluding hydrogens is 482 g/mol. The molecule has 2 aromatic heterocycles. The Labute approximate surface area is 195 Å². The van der Waals surface area contributed by atoms with E-state index in [1.165, 1.54) is 13.8 Å². The number of H-pyrrole nitrogens is 1. The molecule has 11 heteroatoms. The number of halogens is 1. The summed E-state index contributed by atoms with van der Waals surface area (Å²) in [7, 11) is 1.61. The van der Waals surface area contributed by atoms with E-state index in [2.05, 4.69) is 15.3 Å². The van der Waals surface area contributed by atoms with Gasteiger partial charge in [0.25, 0.3) is 11.5 Å². The fourth-order valence-electron chi connectivity index (χ4n) is 3.23. The minimum Gasteiger partial charge on any atom is -1.00 e. The van der Waals surface area contributed by atoms with Crippen LogP contribution in [0.15, 0.2) is 35.4 Å². The number of carbonyl (C=O) groups excluding carboxylic acids is 2. The van der Waals surface area contributed by atoms with Gasteiger partial charge in [0.1, 0.15) is 5.75 Å². The molecule has 0 aliphatic heterocycles. The number of aryl methyl sites for hydroxylation is 1. The molecule has 172 valence electrons. The Morgan fingerprint density at radius 1 is 1.19 bits per heavy atom. The molecule has 0 unspecified atom stereocenters. The van der Waals surface area contributed by atoms with Crippen LogP contribution in [-0.4, -0.2) is 40.1 Å². The number of anilines is 1. The van der Waals surface area contributed by atoms with Gasteiger partial charge >= 0.3 is 11.6 Å². The van der Waals surface area contributed by atoms with E-state index in [-0.39, 0.29) is 40.4 Å². The number of hydrogen-bond acceptors (Lipinski definition) is 6. The highest BCUT2D eigenvalue weighted by Crippen LogP contribution is 2.14. The van der Waals surface area contributed by atoms with E-state index < -0.39 is 0 Å². The third-order valence-electron chi connectivity index (χ3n) is 4.62. The van der Waals surface area contributed by atoms with Crippen molar-refractivity contribution in [3.63, 3.8) is 0 Å². The normalized spacial score (nSPS) is 10.5. The lowest BCUT2D eigenvalue weighted by atomic mass is 10.2. The van der Waals surface area contributed by atoms with Crippen molar-refractivity contribution >= 4 is 29.0 Å². The minimum absolute atomic E-state index is 0. The molecule has 0 atom stereocenters. The molecule has 0 saturated heterocycles. The van der Waals surface area contributed by atoms with Crippen LogP contribution in [0.25, 0.3) is 11.2 Å². The Balaban J connectivity index is 0.00000363. The van der Waals surface area contributed by atoms with Gasteiger partial charge in [-0.1, -0.05) is 17.1 Å². The van der Waals surface area contributed by atoms with Gasteiger partial charge in [-0.15, -0.1) is 0 Å². The number of hydrogen-bond donors (Lipinski definition) is 2. The Kier molecular flexibility index (Phi) is 8.94. The van der Waals surface area contributed by atoms with Crippen LogP contribution < -0.4 is 37.2 Å². The molecule has 0 bridgehead atoms. The third kappa shape index (κ3) is 6.39. The van der Waals surface area contributed by atoms with Crippen LogP contribution in [0.2, 0.25) is 0 Å². The number of aromatic amines is 1. The van der Waals surface area contributed by atoms with Gasteiger partial charge in [0.05, 0.1) is 26.8 Å². The molecule has 32 heavy (non-hydrogen) atoms. The number of rotatable bonds is 9. The molecule has 1 amide bonds. The molecular formula is C21H26BrN5O5. The predicted octanol–water partition coefficient (Wildman–Crippen LogP) is -1.63. The van der Waals surface area contributed by atoms with Crippen LogP contribution in [0.5, 0.6) is 5.75 Å². The summed E-state index contributed by atoms with van der Waals surface area (Å²) in [6.07, 6.45) is 3.24. The Hall–Kier alpha value is -3.21. The van der Waals surface area contributed by atoms with E-state index in [1.807, 2.05) is 39.7 Å². The van der Waals surface area contributed by atoms with Gasteiger partial charge in [-0.2, -0.15) is 0 Å². The maximum absolute atomic E-state index is 12.8. The fourth-order valence-corrected chi connectivity index (χ4v) is 3.23. The molecule has 2 heterocycles. The topological polar surface area (TPSA) is 119 Å². The zero-order valence-corrected chi connectivity index (χ0v) is 19.8. The zero-order chi connectivity index (χ0) is 22.4. The first-order valence-corrected chi connectivity index (χ1v) is 9.94. The molecule has 0 saturated carbocycles.